The Balaban J connectivity index is 2.77. The molecule has 1 heterocycles. The Morgan fingerprint density at radius 2 is 1.68 bits per heavy atom. The molecule has 0 N–H and O–H groups in total. The molecule has 1 aliphatic rings. The van der Waals surface area contributed by atoms with Crippen molar-refractivity contribution in [2.24, 2.45) is 5.92 Å². The first-order valence-electron chi connectivity index (χ1n) is 6.37. The maximum atomic E-state index is 13.2. The molecule has 8 heteroatoms. The van der Waals surface area contributed by atoms with Crippen molar-refractivity contribution in [1.82, 2.24) is 0 Å². The Labute approximate surface area is 125 Å². The molecule has 0 spiro atoms. The maximum absolute atomic E-state index is 13.2. The molecule has 0 aromatic heterocycles. The van der Waals surface area contributed by atoms with Gasteiger partial charge < -0.3 is 14.2 Å². The molecule has 2 atom stereocenters. The third-order valence-corrected chi connectivity index (χ3v) is 3.21. The largest absolute Gasteiger partial charge is 0.462 e. The monoisotopic (exact) mass is 322 g/mol. The van der Waals surface area contributed by atoms with E-state index in [1.807, 2.05) is 0 Å². The van der Waals surface area contributed by atoms with Crippen molar-refractivity contribution >= 4 is 11.9 Å². The zero-order valence-corrected chi connectivity index (χ0v) is 12.3. The number of rotatable bonds is 6. The summed E-state index contributed by atoms with van der Waals surface area (Å²) in [5.41, 5.74) is -2.62. The lowest BCUT2D eigenvalue weighted by Crippen LogP contribution is -2.67. The van der Waals surface area contributed by atoms with Crippen LogP contribution in [0.2, 0.25) is 0 Å². The van der Waals surface area contributed by atoms with Crippen LogP contribution >= 0.6 is 0 Å². The number of hydrogen-bond acceptors (Lipinski definition) is 5. The second-order valence-electron chi connectivity index (χ2n) is 5.13. The lowest BCUT2D eigenvalue weighted by molar-refractivity contribution is -0.367. The second kappa shape index (κ2) is 6.51. The molecule has 0 bridgehead atoms. The van der Waals surface area contributed by atoms with Gasteiger partial charge in [-0.25, -0.2) is 9.59 Å². The lowest BCUT2D eigenvalue weighted by atomic mass is 9.82. The smallest absolute Gasteiger partial charge is 0.421 e. The highest BCUT2D eigenvalue weighted by atomic mass is 19.4. The van der Waals surface area contributed by atoms with Gasteiger partial charge in [0.2, 0.25) is 5.60 Å². The minimum absolute atomic E-state index is 0.0260. The molecule has 0 aromatic rings. The first kappa shape index (κ1) is 18.2. The van der Waals surface area contributed by atoms with Crippen molar-refractivity contribution < 1.29 is 37.0 Å². The van der Waals surface area contributed by atoms with E-state index < -0.39 is 42.8 Å². The topological polar surface area (TPSA) is 61.8 Å². The average molecular weight is 322 g/mol. The molecule has 1 aliphatic heterocycles. The summed E-state index contributed by atoms with van der Waals surface area (Å²) in [6, 6.07) is 0. The van der Waals surface area contributed by atoms with Gasteiger partial charge in [-0.15, -0.1) is 0 Å². The molecule has 1 saturated heterocycles. The Kier molecular flexibility index (Phi) is 5.39. The van der Waals surface area contributed by atoms with Crippen molar-refractivity contribution in [3.63, 3.8) is 0 Å². The normalized spacial score (nSPS) is 24.1. The van der Waals surface area contributed by atoms with Crippen LogP contribution in [0.1, 0.15) is 13.8 Å². The van der Waals surface area contributed by atoms with E-state index in [9.17, 15) is 22.8 Å². The van der Waals surface area contributed by atoms with Gasteiger partial charge in [0, 0.05) is 11.1 Å². The van der Waals surface area contributed by atoms with Crippen molar-refractivity contribution in [2.45, 2.75) is 25.6 Å². The Morgan fingerprint density at radius 3 is 2.05 bits per heavy atom. The molecular formula is C14H17F3O5. The molecule has 1 rings (SSSR count). The second-order valence-corrected chi connectivity index (χ2v) is 5.13. The van der Waals surface area contributed by atoms with E-state index in [-0.39, 0.29) is 17.8 Å². The summed E-state index contributed by atoms with van der Waals surface area (Å²) in [7, 11) is 0. The molecule has 0 radical (unpaired) electrons. The SMILES string of the molecule is C=C(C)C(=O)OCC1COC1(COC(=O)C(=C)C)C(F)(F)F. The van der Waals surface area contributed by atoms with Gasteiger partial charge >= 0.3 is 18.1 Å². The van der Waals surface area contributed by atoms with Crippen molar-refractivity contribution in [3.05, 3.63) is 24.3 Å². The van der Waals surface area contributed by atoms with Crippen LogP contribution in [0.5, 0.6) is 0 Å². The van der Waals surface area contributed by atoms with Crippen LogP contribution in [0.4, 0.5) is 13.2 Å². The van der Waals surface area contributed by atoms with Crippen LogP contribution in [0.25, 0.3) is 0 Å². The Morgan fingerprint density at radius 1 is 1.18 bits per heavy atom. The van der Waals surface area contributed by atoms with Gasteiger partial charge in [-0.05, 0) is 13.8 Å². The third kappa shape index (κ3) is 3.68. The Hall–Kier alpha value is -1.83. The van der Waals surface area contributed by atoms with Crippen LogP contribution in [0.15, 0.2) is 24.3 Å². The summed E-state index contributed by atoms with van der Waals surface area (Å²) in [6.45, 7) is 7.54. The fourth-order valence-electron chi connectivity index (χ4n) is 1.74. The van der Waals surface area contributed by atoms with E-state index in [2.05, 4.69) is 22.6 Å². The fourth-order valence-corrected chi connectivity index (χ4v) is 1.74. The molecule has 0 aliphatic carbocycles. The number of halogens is 3. The molecule has 0 aromatic carbocycles. The minimum atomic E-state index is -4.78. The lowest BCUT2D eigenvalue weighted by Gasteiger charge is -2.48. The zero-order valence-electron chi connectivity index (χ0n) is 12.3. The number of carbonyl (C=O) groups is 2. The fraction of sp³-hybridized carbons (Fsp3) is 0.571. The van der Waals surface area contributed by atoms with Crippen molar-refractivity contribution in [3.8, 4) is 0 Å². The van der Waals surface area contributed by atoms with E-state index in [0.717, 1.165) is 0 Å². The quantitative estimate of drug-likeness (QED) is 0.554. The zero-order chi connectivity index (χ0) is 17.1. The highest BCUT2D eigenvalue weighted by molar-refractivity contribution is 5.87. The Bertz CT molecular complexity index is 497. The standard InChI is InChI=1S/C14H17F3O5/c1-8(2)11(18)20-5-10-6-22-13(10,14(15,16)17)7-21-12(19)9(3)4/h10H,1,3,5-7H2,2,4H3. The van der Waals surface area contributed by atoms with Crippen LogP contribution in [0.3, 0.4) is 0 Å². The highest BCUT2D eigenvalue weighted by Gasteiger charge is 2.67. The van der Waals surface area contributed by atoms with E-state index in [1.54, 1.807) is 0 Å². The van der Waals surface area contributed by atoms with Gasteiger partial charge in [0.05, 0.1) is 19.1 Å². The molecule has 124 valence electrons. The number of ether oxygens (including phenoxy) is 3. The number of esters is 2. The van der Waals surface area contributed by atoms with Gasteiger partial charge in [-0.1, -0.05) is 13.2 Å². The summed E-state index contributed by atoms with van der Waals surface area (Å²) in [6.07, 6.45) is -4.78. The molecule has 5 nitrogen and oxygen atoms in total. The van der Waals surface area contributed by atoms with Gasteiger partial charge in [0.1, 0.15) is 6.61 Å². The van der Waals surface area contributed by atoms with E-state index in [0.29, 0.717) is 0 Å². The average Bonchev–Trinajstić information content (AvgIpc) is 2.35. The molecule has 1 fully saturated rings. The minimum Gasteiger partial charge on any atom is -0.462 e. The first-order valence-corrected chi connectivity index (χ1v) is 6.37. The van der Waals surface area contributed by atoms with Crippen molar-refractivity contribution in [2.75, 3.05) is 19.8 Å². The number of alkyl halides is 3. The van der Waals surface area contributed by atoms with Gasteiger partial charge in [-0.2, -0.15) is 13.2 Å². The van der Waals surface area contributed by atoms with Gasteiger partial charge in [0.25, 0.3) is 0 Å². The van der Waals surface area contributed by atoms with Gasteiger partial charge in [-0.3, -0.25) is 0 Å². The maximum Gasteiger partial charge on any atom is 0.421 e. The summed E-state index contributed by atoms with van der Waals surface area (Å²) in [4.78, 5) is 22.5. The van der Waals surface area contributed by atoms with E-state index in [1.165, 1.54) is 13.8 Å². The predicted molar refractivity (Wildman–Crippen MR) is 69.8 cm³/mol. The summed E-state index contributed by atoms with van der Waals surface area (Å²) < 4.78 is 53.7. The molecule has 0 saturated carbocycles. The predicted octanol–water partition coefficient (Wildman–Crippen LogP) is 2.17. The summed E-state index contributed by atoms with van der Waals surface area (Å²) in [5.74, 6) is -2.90. The molecule has 22 heavy (non-hydrogen) atoms. The van der Waals surface area contributed by atoms with Crippen LogP contribution in [-0.2, 0) is 23.8 Å². The number of hydrogen-bond donors (Lipinski definition) is 0. The first-order chi connectivity index (χ1) is 10.0. The van der Waals surface area contributed by atoms with Gasteiger partial charge in [0.15, 0.2) is 0 Å². The summed E-state index contributed by atoms with van der Waals surface area (Å²) in [5, 5.41) is 0. The number of carbonyl (C=O) groups excluding carboxylic acids is 2. The van der Waals surface area contributed by atoms with Crippen LogP contribution < -0.4 is 0 Å². The molecular weight excluding hydrogens is 305 g/mol. The van der Waals surface area contributed by atoms with Crippen molar-refractivity contribution in [1.29, 1.82) is 0 Å². The highest BCUT2D eigenvalue weighted by Crippen LogP contribution is 2.46. The van der Waals surface area contributed by atoms with E-state index in [4.69, 9.17) is 4.74 Å². The molecule has 2 unspecified atom stereocenters. The van der Waals surface area contributed by atoms with Crippen LogP contribution in [0, 0.1) is 5.92 Å². The summed E-state index contributed by atoms with van der Waals surface area (Å²) >= 11 is 0. The molecule has 0 amide bonds. The van der Waals surface area contributed by atoms with Crippen LogP contribution in [-0.4, -0.2) is 43.5 Å². The third-order valence-electron chi connectivity index (χ3n) is 3.21. The van der Waals surface area contributed by atoms with E-state index >= 15 is 0 Å².